The zero-order valence-corrected chi connectivity index (χ0v) is 11.2. The molecule has 0 radical (unpaired) electrons. The number of rotatable bonds is 5. The Bertz CT molecular complexity index is 105. The van der Waals surface area contributed by atoms with E-state index in [4.69, 9.17) is 5.11 Å². The number of hydrogen-bond acceptors (Lipinski definition) is 3. The number of aliphatic carboxylic acids is 1. The summed E-state index contributed by atoms with van der Waals surface area (Å²) in [5.74, 6) is -0.245. The zero-order chi connectivity index (χ0) is 9.98. The van der Waals surface area contributed by atoms with E-state index in [2.05, 4.69) is 13.8 Å². The van der Waals surface area contributed by atoms with Crippen molar-refractivity contribution < 1.29 is 44.6 Å². The SMILES string of the molecule is CC(C)CCCCC(=O)[O-].CO.[Na+]. The maximum absolute atomic E-state index is 9.93. The Morgan fingerprint density at radius 3 is 2.08 bits per heavy atom. The Morgan fingerprint density at radius 2 is 1.77 bits per heavy atom. The molecule has 0 saturated heterocycles. The molecule has 3 nitrogen and oxygen atoms in total. The third-order valence-electron chi connectivity index (χ3n) is 1.41. The topological polar surface area (TPSA) is 60.4 Å². The van der Waals surface area contributed by atoms with Crippen molar-refractivity contribution in [3.8, 4) is 0 Å². The molecule has 74 valence electrons. The number of carboxylic acids is 1. The molecule has 0 unspecified atom stereocenters. The van der Waals surface area contributed by atoms with Gasteiger partial charge >= 0.3 is 29.6 Å². The van der Waals surface area contributed by atoms with Crippen molar-refractivity contribution in [1.29, 1.82) is 0 Å². The number of carbonyl (C=O) groups is 1. The molecule has 0 heterocycles. The van der Waals surface area contributed by atoms with Gasteiger partial charge < -0.3 is 15.0 Å². The van der Waals surface area contributed by atoms with Crippen LogP contribution in [0.3, 0.4) is 0 Å². The van der Waals surface area contributed by atoms with Crippen LogP contribution in [0, 0.1) is 5.92 Å². The molecule has 0 aliphatic heterocycles. The maximum atomic E-state index is 9.93. The van der Waals surface area contributed by atoms with Crippen molar-refractivity contribution in [3.05, 3.63) is 0 Å². The van der Waals surface area contributed by atoms with Crippen LogP contribution in [-0.2, 0) is 4.79 Å². The molecule has 0 aliphatic rings. The fraction of sp³-hybridized carbons (Fsp3) is 0.889. The minimum atomic E-state index is -0.927. The predicted octanol–water partition coefficient (Wildman–Crippen LogP) is -2.43. The largest absolute Gasteiger partial charge is 1.00 e. The van der Waals surface area contributed by atoms with Gasteiger partial charge in [-0.15, -0.1) is 0 Å². The average molecular weight is 198 g/mol. The van der Waals surface area contributed by atoms with E-state index >= 15 is 0 Å². The van der Waals surface area contributed by atoms with E-state index in [0.29, 0.717) is 5.92 Å². The Morgan fingerprint density at radius 1 is 1.31 bits per heavy atom. The second-order valence-corrected chi connectivity index (χ2v) is 3.01. The van der Waals surface area contributed by atoms with Gasteiger partial charge in [-0.25, -0.2) is 0 Å². The average Bonchev–Trinajstić information content (AvgIpc) is 2.02. The predicted molar refractivity (Wildman–Crippen MR) is 46.5 cm³/mol. The molecule has 0 aromatic heterocycles. The molecule has 0 rings (SSSR count). The number of aliphatic hydroxyl groups excluding tert-OH is 1. The number of carbonyl (C=O) groups excluding carboxylic acids is 1. The molecule has 0 amide bonds. The molecule has 0 aliphatic carbocycles. The van der Waals surface area contributed by atoms with E-state index in [1.807, 2.05) is 0 Å². The normalized spacial score (nSPS) is 8.38. The number of unbranched alkanes of at least 4 members (excludes halogenated alkanes) is 1. The molecular formula is C9H19NaO3. The van der Waals surface area contributed by atoms with Crippen LogP contribution in [0.1, 0.15) is 39.5 Å². The van der Waals surface area contributed by atoms with Crippen LogP contribution in [0.25, 0.3) is 0 Å². The van der Waals surface area contributed by atoms with E-state index in [1.54, 1.807) is 0 Å². The van der Waals surface area contributed by atoms with Gasteiger partial charge in [0, 0.05) is 13.1 Å². The van der Waals surface area contributed by atoms with Gasteiger partial charge in [0.15, 0.2) is 0 Å². The molecular weight excluding hydrogens is 179 g/mol. The first kappa shape index (κ1) is 19.1. The van der Waals surface area contributed by atoms with Gasteiger partial charge in [0.2, 0.25) is 0 Å². The number of aliphatic hydroxyl groups is 1. The number of carboxylic acid groups (broad SMARTS) is 1. The van der Waals surface area contributed by atoms with Crippen LogP contribution in [0.15, 0.2) is 0 Å². The van der Waals surface area contributed by atoms with Gasteiger partial charge in [-0.05, 0) is 18.8 Å². The molecule has 0 aromatic carbocycles. The summed E-state index contributed by atoms with van der Waals surface area (Å²) < 4.78 is 0. The van der Waals surface area contributed by atoms with Crippen LogP contribution in [-0.4, -0.2) is 18.2 Å². The summed E-state index contributed by atoms with van der Waals surface area (Å²) in [5.41, 5.74) is 0. The molecule has 4 heteroatoms. The Hall–Kier alpha value is 0.430. The molecule has 0 atom stereocenters. The minimum Gasteiger partial charge on any atom is -0.550 e. The van der Waals surface area contributed by atoms with Crippen molar-refractivity contribution in [2.75, 3.05) is 7.11 Å². The van der Waals surface area contributed by atoms with E-state index in [-0.39, 0.29) is 36.0 Å². The van der Waals surface area contributed by atoms with Crippen LogP contribution in [0.5, 0.6) is 0 Å². The monoisotopic (exact) mass is 198 g/mol. The summed E-state index contributed by atoms with van der Waals surface area (Å²) in [6, 6.07) is 0. The van der Waals surface area contributed by atoms with Crippen molar-refractivity contribution in [2.24, 2.45) is 5.92 Å². The fourth-order valence-electron chi connectivity index (χ4n) is 0.822. The van der Waals surface area contributed by atoms with E-state index in [0.717, 1.165) is 26.4 Å². The fourth-order valence-corrected chi connectivity index (χ4v) is 0.822. The summed E-state index contributed by atoms with van der Waals surface area (Å²) in [4.78, 5) is 9.93. The van der Waals surface area contributed by atoms with E-state index in [1.165, 1.54) is 0 Å². The Balaban J connectivity index is -0.000000309. The first-order valence-electron chi connectivity index (χ1n) is 4.27. The summed E-state index contributed by atoms with van der Waals surface area (Å²) in [6.45, 7) is 4.28. The molecule has 13 heavy (non-hydrogen) atoms. The molecule has 1 N–H and O–H groups in total. The standard InChI is InChI=1S/C8H16O2.CH4O.Na/c1-7(2)5-3-4-6-8(9)10;1-2;/h7H,3-6H2,1-2H3,(H,9,10);2H,1H3;/q;;+1/p-1. The molecule has 0 spiro atoms. The summed E-state index contributed by atoms with van der Waals surface area (Å²) in [6.07, 6.45) is 3.10. The Kier molecular flexibility index (Phi) is 21.9. The first-order valence-corrected chi connectivity index (χ1v) is 4.27. The maximum Gasteiger partial charge on any atom is 1.00 e. The molecule has 0 fully saturated rings. The third-order valence-corrected chi connectivity index (χ3v) is 1.41. The van der Waals surface area contributed by atoms with Crippen molar-refractivity contribution in [3.63, 3.8) is 0 Å². The van der Waals surface area contributed by atoms with Crippen LogP contribution < -0.4 is 34.7 Å². The van der Waals surface area contributed by atoms with Crippen LogP contribution in [0.4, 0.5) is 0 Å². The van der Waals surface area contributed by atoms with E-state index in [9.17, 15) is 9.90 Å². The first-order chi connectivity index (χ1) is 5.63. The smallest absolute Gasteiger partial charge is 0.550 e. The van der Waals surface area contributed by atoms with E-state index < -0.39 is 5.97 Å². The quantitative estimate of drug-likeness (QED) is 0.394. The van der Waals surface area contributed by atoms with Gasteiger partial charge in [-0.3, -0.25) is 0 Å². The van der Waals surface area contributed by atoms with Gasteiger partial charge in [0.25, 0.3) is 0 Å². The van der Waals surface area contributed by atoms with Gasteiger partial charge in [0.05, 0.1) is 0 Å². The van der Waals surface area contributed by atoms with Crippen LogP contribution in [0.2, 0.25) is 0 Å². The van der Waals surface area contributed by atoms with Gasteiger partial charge in [-0.2, -0.15) is 0 Å². The molecule has 0 aromatic rings. The van der Waals surface area contributed by atoms with Crippen molar-refractivity contribution in [1.82, 2.24) is 0 Å². The molecule has 0 bridgehead atoms. The second kappa shape index (κ2) is 14.9. The summed E-state index contributed by atoms with van der Waals surface area (Å²) >= 11 is 0. The number of hydrogen-bond donors (Lipinski definition) is 1. The third kappa shape index (κ3) is 24.5. The van der Waals surface area contributed by atoms with Gasteiger partial charge in [0.1, 0.15) is 0 Å². The second-order valence-electron chi connectivity index (χ2n) is 3.01. The summed E-state index contributed by atoms with van der Waals surface area (Å²) in [5, 5.41) is 16.9. The van der Waals surface area contributed by atoms with Gasteiger partial charge in [-0.1, -0.05) is 26.7 Å². The van der Waals surface area contributed by atoms with Crippen molar-refractivity contribution in [2.45, 2.75) is 39.5 Å². The Labute approximate surface area is 103 Å². The summed E-state index contributed by atoms with van der Waals surface area (Å²) in [7, 11) is 1.00. The molecule has 0 saturated carbocycles. The zero-order valence-electron chi connectivity index (χ0n) is 9.17. The van der Waals surface area contributed by atoms with Crippen LogP contribution >= 0.6 is 0 Å². The minimum absolute atomic E-state index is 0. The van der Waals surface area contributed by atoms with Crippen molar-refractivity contribution >= 4 is 5.97 Å².